The molecule has 0 aromatic carbocycles. The third-order valence-electron chi connectivity index (χ3n) is 1.49. The Morgan fingerprint density at radius 3 is 1.44 bits per heavy atom. The summed E-state index contributed by atoms with van der Waals surface area (Å²) in [6.45, 7) is 0. The molecule has 0 bridgehead atoms. The molecule has 4 nitrogen and oxygen atoms in total. The van der Waals surface area contributed by atoms with Gasteiger partial charge in [0.2, 0.25) is 0 Å². The molecule has 0 aliphatic heterocycles. The molecule has 0 fully saturated rings. The number of nitriles is 2. The first-order chi connectivity index (χ1) is 7.62. The van der Waals surface area contributed by atoms with Crippen LogP contribution in [-0.2, 0) is 0 Å². The first-order valence-electron chi connectivity index (χ1n) is 4.75. The van der Waals surface area contributed by atoms with Crippen molar-refractivity contribution in [3.63, 3.8) is 0 Å². The first-order valence-corrected chi connectivity index (χ1v) is 7.54. The quantitative estimate of drug-likeness (QED) is 0.700. The molecule has 0 saturated heterocycles. The van der Waals surface area contributed by atoms with Crippen LogP contribution in [0.2, 0.25) is 0 Å². The van der Waals surface area contributed by atoms with E-state index in [1.165, 1.54) is 0 Å². The minimum Gasteiger partial charge on any atom is -0.378 e. The average Bonchev–Trinajstić information content (AvgIpc) is 2.33. The van der Waals surface area contributed by atoms with E-state index in [-0.39, 0.29) is 0 Å². The molecule has 92 valence electrons. The summed E-state index contributed by atoms with van der Waals surface area (Å²) in [4.78, 5) is 0. The number of thioether (sulfide) groups is 2. The van der Waals surface area contributed by atoms with Gasteiger partial charge in [0.15, 0.2) is 0 Å². The highest BCUT2D eigenvalue weighted by Gasteiger charge is 1.97. The van der Waals surface area contributed by atoms with Gasteiger partial charge in [-0.05, 0) is 36.9 Å². The number of nitrogens with zero attached hydrogens (tertiary/aromatic N) is 2. The fraction of sp³-hybridized carbons (Fsp3) is 0.800. The molecule has 0 aromatic heterocycles. The van der Waals surface area contributed by atoms with Crippen LogP contribution >= 0.6 is 23.5 Å². The van der Waals surface area contributed by atoms with Crippen molar-refractivity contribution < 1.29 is 10.2 Å². The summed E-state index contributed by atoms with van der Waals surface area (Å²) in [5, 5.41) is 33.3. The van der Waals surface area contributed by atoms with Crippen molar-refractivity contribution in [2.45, 2.75) is 25.0 Å². The maximum atomic E-state index is 8.61. The number of aliphatic hydroxyl groups is 2. The van der Waals surface area contributed by atoms with Gasteiger partial charge in [0.1, 0.15) is 12.2 Å². The monoisotopic (exact) mass is 262 g/mol. The molecule has 0 aliphatic carbocycles. The van der Waals surface area contributed by atoms with Crippen molar-refractivity contribution in [1.82, 2.24) is 0 Å². The van der Waals surface area contributed by atoms with Gasteiger partial charge in [-0.2, -0.15) is 34.0 Å². The van der Waals surface area contributed by atoms with E-state index < -0.39 is 12.2 Å². The molecule has 0 saturated carbocycles. The lowest BCUT2D eigenvalue weighted by atomic mass is 10.3. The van der Waals surface area contributed by atoms with E-state index in [1.807, 2.05) is 12.5 Å². The zero-order valence-corrected chi connectivity index (χ0v) is 11.2. The van der Waals surface area contributed by atoms with Gasteiger partial charge in [-0.15, -0.1) is 0 Å². The lowest BCUT2D eigenvalue weighted by Crippen LogP contribution is -2.02. The van der Waals surface area contributed by atoms with E-state index >= 15 is 0 Å². The topological polar surface area (TPSA) is 88.0 Å². The zero-order valence-electron chi connectivity index (χ0n) is 9.59. The maximum absolute atomic E-state index is 8.61. The van der Waals surface area contributed by atoms with Crippen molar-refractivity contribution in [3.05, 3.63) is 0 Å². The summed E-state index contributed by atoms with van der Waals surface area (Å²) in [6.07, 6.45) is 3.54. The Balaban J connectivity index is 0. The molecule has 0 spiro atoms. The minimum atomic E-state index is -0.762. The van der Waals surface area contributed by atoms with Crippen LogP contribution < -0.4 is 0 Å². The van der Waals surface area contributed by atoms with Crippen LogP contribution in [0.4, 0.5) is 0 Å². The average molecular weight is 262 g/mol. The van der Waals surface area contributed by atoms with E-state index in [9.17, 15) is 0 Å². The molecule has 0 amide bonds. The third kappa shape index (κ3) is 16.0. The Morgan fingerprint density at radius 1 is 0.938 bits per heavy atom. The normalized spacial score (nSPS) is 12.6. The minimum absolute atomic E-state index is 0.581. The van der Waals surface area contributed by atoms with Gasteiger partial charge in [-0.25, -0.2) is 0 Å². The van der Waals surface area contributed by atoms with Crippen LogP contribution in [0, 0.1) is 22.7 Å². The highest BCUT2D eigenvalue weighted by atomic mass is 32.2. The summed E-state index contributed by atoms with van der Waals surface area (Å²) < 4.78 is 0. The molecule has 0 radical (unpaired) electrons. The lowest BCUT2D eigenvalue weighted by molar-refractivity contribution is 0.227. The second-order valence-electron chi connectivity index (χ2n) is 2.85. The summed E-state index contributed by atoms with van der Waals surface area (Å²) in [6, 6.07) is 3.48. The standard InChI is InChI=1S/2C5H9NOS/c2*1-8-3-2-5(7)4-6/h2*5,7H,2-3H2,1H3. The van der Waals surface area contributed by atoms with Gasteiger partial charge in [0, 0.05) is 0 Å². The summed E-state index contributed by atoms with van der Waals surface area (Å²) >= 11 is 3.27. The van der Waals surface area contributed by atoms with Gasteiger partial charge >= 0.3 is 0 Å². The predicted molar refractivity (Wildman–Crippen MR) is 69.2 cm³/mol. The van der Waals surface area contributed by atoms with Crippen LogP contribution in [0.1, 0.15) is 12.8 Å². The second kappa shape index (κ2) is 14.6. The molecular formula is C10H18N2O2S2. The third-order valence-corrected chi connectivity index (χ3v) is 2.78. The molecule has 0 aliphatic rings. The van der Waals surface area contributed by atoms with Crippen LogP contribution in [-0.4, -0.2) is 46.4 Å². The predicted octanol–water partition coefficient (Wildman–Crippen LogP) is 1.25. The number of hydrogen-bond acceptors (Lipinski definition) is 6. The van der Waals surface area contributed by atoms with Gasteiger partial charge in [-0.1, -0.05) is 0 Å². The smallest absolute Gasteiger partial charge is 0.141 e. The molecule has 2 atom stereocenters. The largest absolute Gasteiger partial charge is 0.378 e. The van der Waals surface area contributed by atoms with Crippen molar-refractivity contribution >= 4 is 23.5 Å². The lowest BCUT2D eigenvalue weighted by Gasteiger charge is -1.95. The fourth-order valence-electron chi connectivity index (χ4n) is 0.588. The molecule has 0 rings (SSSR count). The van der Waals surface area contributed by atoms with Gasteiger partial charge in [0.25, 0.3) is 0 Å². The molecule has 6 heteroatoms. The highest BCUT2D eigenvalue weighted by Crippen LogP contribution is 1.98. The Labute approximate surface area is 106 Å². The SMILES string of the molecule is CSCCC(O)C#N.CSCCC(O)C#N. The fourth-order valence-corrected chi connectivity index (χ4v) is 1.51. The van der Waals surface area contributed by atoms with Gasteiger partial charge in [-0.3, -0.25) is 0 Å². The zero-order chi connectivity index (χ0) is 12.8. The summed E-state index contributed by atoms with van der Waals surface area (Å²) in [7, 11) is 0. The first kappa shape index (κ1) is 18.0. The Kier molecular flexibility index (Phi) is 16.4. The van der Waals surface area contributed by atoms with Crippen LogP contribution in [0.15, 0.2) is 0 Å². The van der Waals surface area contributed by atoms with Gasteiger partial charge < -0.3 is 10.2 Å². The number of aliphatic hydroxyl groups excluding tert-OH is 2. The highest BCUT2D eigenvalue weighted by molar-refractivity contribution is 7.98. The van der Waals surface area contributed by atoms with Crippen molar-refractivity contribution in [2.75, 3.05) is 24.0 Å². The van der Waals surface area contributed by atoms with Gasteiger partial charge in [0.05, 0.1) is 12.1 Å². The maximum Gasteiger partial charge on any atom is 0.141 e. The van der Waals surface area contributed by atoms with E-state index in [1.54, 1.807) is 35.7 Å². The molecule has 0 heterocycles. The van der Waals surface area contributed by atoms with Crippen molar-refractivity contribution in [3.8, 4) is 12.1 Å². The van der Waals surface area contributed by atoms with E-state index in [0.717, 1.165) is 11.5 Å². The van der Waals surface area contributed by atoms with E-state index in [4.69, 9.17) is 20.7 Å². The Hall–Kier alpha value is -0.400. The summed E-state index contributed by atoms with van der Waals surface area (Å²) in [5.41, 5.74) is 0. The van der Waals surface area contributed by atoms with Crippen LogP contribution in [0.25, 0.3) is 0 Å². The van der Waals surface area contributed by atoms with Crippen molar-refractivity contribution in [2.24, 2.45) is 0 Å². The van der Waals surface area contributed by atoms with Crippen LogP contribution in [0.5, 0.6) is 0 Å². The van der Waals surface area contributed by atoms with E-state index in [0.29, 0.717) is 12.8 Å². The molecular weight excluding hydrogens is 244 g/mol. The van der Waals surface area contributed by atoms with Crippen LogP contribution in [0.3, 0.4) is 0 Å². The molecule has 0 aromatic rings. The Morgan fingerprint density at radius 2 is 1.25 bits per heavy atom. The van der Waals surface area contributed by atoms with E-state index in [2.05, 4.69) is 0 Å². The molecule has 2 unspecified atom stereocenters. The second-order valence-corrected chi connectivity index (χ2v) is 4.82. The Bertz CT molecular complexity index is 202. The molecule has 2 N–H and O–H groups in total. The number of rotatable bonds is 6. The summed E-state index contributed by atoms with van der Waals surface area (Å²) in [5.74, 6) is 1.71. The van der Waals surface area contributed by atoms with Crippen molar-refractivity contribution in [1.29, 1.82) is 10.5 Å². The number of hydrogen-bond donors (Lipinski definition) is 2. The molecule has 16 heavy (non-hydrogen) atoms.